The van der Waals surface area contributed by atoms with Crippen molar-refractivity contribution in [3.63, 3.8) is 0 Å². The number of nitrogens with one attached hydrogen (secondary N) is 1. The van der Waals surface area contributed by atoms with Crippen molar-refractivity contribution in [2.24, 2.45) is 0 Å². The average molecular weight is 311 g/mol. The standard InChI is InChI=1S/C14H17NO5S/c1-20-12(16)6-5-9(14(18)19)15-13(17)11-7-8-3-2-4-10(8)21-11/h7,9H,2-6H2,1H3,(H,15,17)(H,18,19)/t9-/m1/s1. The number of hydrogen-bond donors (Lipinski definition) is 2. The second-order valence-corrected chi connectivity index (χ2v) is 6.03. The van der Waals surface area contributed by atoms with Crippen LogP contribution in [0.2, 0.25) is 0 Å². The van der Waals surface area contributed by atoms with Crippen LogP contribution < -0.4 is 5.32 Å². The molecule has 1 aromatic rings. The van der Waals surface area contributed by atoms with Crippen molar-refractivity contribution < 1.29 is 24.2 Å². The van der Waals surface area contributed by atoms with E-state index in [1.165, 1.54) is 28.9 Å². The highest BCUT2D eigenvalue weighted by Gasteiger charge is 2.24. The van der Waals surface area contributed by atoms with E-state index in [0.29, 0.717) is 4.88 Å². The summed E-state index contributed by atoms with van der Waals surface area (Å²) in [5.41, 5.74) is 1.19. The lowest BCUT2D eigenvalue weighted by molar-refractivity contribution is -0.142. The second kappa shape index (κ2) is 6.71. The van der Waals surface area contributed by atoms with Gasteiger partial charge in [0.1, 0.15) is 6.04 Å². The smallest absolute Gasteiger partial charge is 0.326 e. The Labute approximate surface area is 126 Å². The molecule has 2 N–H and O–H groups in total. The van der Waals surface area contributed by atoms with Crippen LogP contribution in [0.15, 0.2) is 6.07 Å². The maximum atomic E-state index is 12.1. The fraction of sp³-hybridized carbons (Fsp3) is 0.500. The highest BCUT2D eigenvalue weighted by molar-refractivity contribution is 7.14. The number of aryl methyl sites for hydroxylation is 2. The molecule has 0 unspecified atom stereocenters. The van der Waals surface area contributed by atoms with Crippen LogP contribution in [-0.4, -0.2) is 36.1 Å². The molecule has 1 heterocycles. The molecule has 1 atom stereocenters. The van der Waals surface area contributed by atoms with Crippen LogP contribution in [0, 0.1) is 0 Å². The van der Waals surface area contributed by atoms with E-state index in [-0.39, 0.29) is 12.8 Å². The zero-order valence-corrected chi connectivity index (χ0v) is 12.5. The Balaban J connectivity index is 1.97. The quantitative estimate of drug-likeness (QED) is 0.774. The first-order valence-corrected chi connectivity index (χ1v) is 7.55. The molecular weight excluding hydrogens is 294 g/mol. The molecule has 0 aromatic carbocycles. The molecule has 1 aromatic heterocycles. The minimum Gasteiger partial charge on any atom is -0.480 e. The van der Waals surface area contributed by atoms with Crippen molar-refractivity contribution in [2.75, 3.05) is 7.11 Å². The maximum Gasteiger partial charge on any atom is 0.326 e. The molecule has 0 bridgehead atoms. The first kappa shape index (κ1) is 15.5. The Morgan fingerprint density at radius 1 is 1.43 bits per heavy atom. The third-order valence-electron chi connectivity index (χ3n) is 3.44. The molecule has 0 spiro atoms. The number of carboxylic acid groups (broad SMARTS) is 1. The molecule has 2 rings (SSSR count). The van der Waals surface area contributed by atoms with E-state index in [2.05, 4.69) is 10.1 Å². The molecule has 114 valence electrons. The molecular formula is C14H17NO5S. The number of carbonyl (C=O) groups is 3. The number of ether oxygens (including phenoxy) is 1. The lowest BCUT2D eigenvalue weighted by Gasteiger charge is -2.13. The number of aliphatic carboxylic acids is 1. The van der Waals surface area contributed by atoms with Crippen LogP contribution in [0.1, 0.15) is 39.4 Å². The lowest BCUT2D eigenvalue weighted by Crippen LogP contribution is -2.40. The van der Waals surface area contributed by atoms with Crippen molar-refractivity contribution in [3.05, 3.63) is 21.4 Å². The van der Waals surface area contributed by atoms with Gasteiger partial charge in [-0.15, -0.1) is 11.3 Å². The summed E-state index contributed by atoms with van der Waals surface area (Å²) in [5, 5.41) is 11.6. The first-order chi connectivity index (χ1) is 10.0. The maximum absolute atomic E-state index is 12.1. The van der Waals surface area contributed by atoms with E-state index in [9.17, 15) is 14.4 Å². The van der Waals surface area contributed by atoms with E-state index in [1.807, 2.05) is 6.07 Å². The predicted molar refractivity (Wildman–Crippen MR) is 76.5 cm³/mol. The van der Waals surface area contributed by atoms with Gasteiger partial charge in [-0.1, -0.05) is 0 Å². The third kappa shape index (κ3) is 3.81. The van der Waals surface area contributed by atoms with E-state index in [0.717, 1.165) is 19.3 Å². The zero-order chi connectivity index (χ0) is 15.4. The summed E-state index contributed by atoms with van der Waals surface area (Å²) < 4.78 is 4.47. The first-order valence-electron chi connectivity index (χ1n) is 6.73. The van der Waals surface area contributed by atoms with Gasteiger partial charge in [0.05, 0.1) is 12.0 Å². The van der Waals surface area contributed by atoms with Crippen molar-refractivity contribution in [3.8, 4) is 0 Å². The summed E-state index contributed by atoms with van der Waals surface area (Å²) in [4.78, 5) is 36.0. The molecule has 0 fully saturated rings. The molecule has 0 radical (unpaired) electrons. The summed E-state index contributed by atoms with van der Waals surface area (Å²) in [7, 11) is 1.24. The van der Waals surface area contributed by atoms with Gasteiger partial charge < -0.3 is 15.2 Å². The monoisotopic (exact) mass is 311 g/mol. The van der Waals surface area contributed by atoms with Gasteiger partial charge in [0.2, 0.25) is 0 Å². The minimum absolute atomic E-state index is 0.0127. The van der Waals surface area contributed by atoms with Crippen LogP contribution in [0.4, 0.5) is 0 Å². The van der Waals surface area contributed by atoms with Crippen LogP contribution in [0.3, 0.4) is 0 Å². The van der Waals surface area contributed by atoms with Crippen LogP contribution in [0.5, 0.6) is 0 Å². The normalized spacial score (nSPS) is 14.3. The summed E-state index contributed by atoms with van der Waals surface area (Å²) >= 11 is 1.42. The molecule has 1 aliphatic rings. The molecule has 6 nitrogen and oxygen atoms in total. The Morgan fingerprint density at radius 3 is 2.81 bits per heavy atom. The number of esters is 1. The van der Waals surface area contributed by atoms with Gasteiger partial charge in [-0.2, -0.15) is 0 Å². The zero-order valence-electron chi connectivity index (χ0n) is 11.7. The number of methoxy groups -OCH3 is 1. The largest absolute Gasteiger partial charge is 0.480 e. The van der Waals surface area contributed by atoms with Gasteiger partial charge in [-0.25, -0.2) is 4.79 Å². The van der Waals surface area contributed by atoms with E-state index in [4.69, 9.17) is 5.11 Å². The fourth-order valence-electron chi connectivity index (χ4n) is 2.29. The van der Waals surface area contributed by atoms with Gasteiger partial charge in [-0.3, -0.25) is 9.59 Å². The number of fused-ring (bicyclic) bond motifs is 1. The van der Waals surface area contributed by atoms with E-state index < -0.39 is 23.9 Å². The highest BCUT2D eigenvalue weighted by atomic mass is 32.1. The molecule has 0 aliphatic heterocycles. The summed E-state index contributed by atoms with van der Waals surface area (Å²) in [6.45, 7) is 0. The molecule has 7 heteroatoms. The Hall–Kier alpha value is -1.89. The lowest BCUT2D eigenvalue weighted by atomic mass is 10.1. The number of hydrogen-bond acceptors (Lipinski definition) is 5. The van der Waals surface area contributed by atoms with Gasteiger partial charge in [-0.05, 0) is 37.3 Å². The van der Waals surface area contributed by atoms with Gasteiger partial charge in [0.15, 0.2) is 0 Å². The molecule has 0 saturated carbocycles. The Kier molecular flexibility index (Phi) is 4.95. The van der Waals surface area contributed by atoms with Gasteiger partial charge in [0.25, 0.3) is 5.91 Å². The Bertz CT molecular complexity index is 544. The van der Waals surface area contributed by atoms with Crippen molar-refractivity contribution in [2.45, 2.75) is 38.1 Å². The number of carboxylic acids is 1. The predicted octanol–water partition coefficient (Wildman–Crippen LogP) is 1.37. The number of thiophene rings is 1. The van der Waals surface area contributed by atoms with E-state index >= 15 is 0 Å². The third-order valence-corrected chi connectivity index (χ3v) is 4.67. The van der Waals surface area contributed by atoms with Gasteiger partial charge >= 0.3 is 11.9 Å². The van der Waals surface area contributed by atoms with E-state index in [1.54, 1.807) is 0 Å². The molecule has 1 amide bonds. The number of carbonyl (C=O) groups excluding carboxylic acids is 2. The Morgan fingerprint density at radius 2 is 2.19 bits per heavy atom. The topological polar surface area (TPSA) is 92.7 Å². The molecule has 21 heavy (non-hydrogen) atoms. The number of rotatable bonds is 6. The van der Waals surface area contributed by atoms with Crippen LogP contribution in [0.25, 0.3) is 0 Å². The summed E-state index contributed by atoms with van der Waals surface area (Å²) in [5.74, 6) is -2.05. The average Bonchev–Trinajstić information content (AvgIpc) is 3.03. The van der Waals surface area contributed by atoms with Crippen molar-refractivity contribution >= 4 is 29.2 Å². The summed E-state index contributed by atoms with van der Waals surface area (Å²) in [6.07, 6.45) is 3.04. The summed E-state index contributed by atoms with van der Waals surface area (Å²) in [6, 6.07) is 0.746. The minimum atomic E-state index is -1.16. The fourth-order valence-corrected chi connectivity index (χ4v) is 3.45. The molecule has 0 saturated heterocycles. The second-order valence-electron chi connectivity index (χ2n) is 4.89. The van der Waals surface area contributed by atoms with Crippen molar-refractivity contribution in [1.82, 2.24) is 5.32 Å². The molecule has 1 aliphatic carbocycles. The van der Waals surface area contributed by atoms with Gasteiger partial charge in [0, 0.05) is 11.3 Å². The van der Waals surface area contributed by atoms with Crippen LogP contribution >= 0.6 is 11.3 Å². The highest BCUT2D eigenvalue weighted by Crippen LogP contribution is 2.30. The number of amides is 1. The van der Waals surface area contributed by atoms with Crippen LogP contribution in [-0.2, 0) is 27.2 Å². The SMILES string of the molecule is COC(=O)CC[C@@H](NC(=O)c1cc2c(s1)CCC2)C(=O)O. The van der Waals surface area contributed by atoms with Crippen molar-refractivity contribution in [1.29, 1.82) is 0 Å².